The van der Waals surface area contributed by atoms with Crippen molar-refractivity contribution in [1.29, 1.82) is 0 Å². The van der Waals surface area contributed by atoms with E-state index in [4.69, 9.17) is 33.2 Å². The van der Waals surface area contributed by atoms with Gasteiger partial charge < -0.3 is 38.3 Å². The van der Waals surface area contributed by atoms with Gasteiger partial charge in [0.1, 0.15) is 30.5 Å². The van der Waals surface area contributed by atoms with E-state index in [0.717, 1.165) is 0 Å². The maximum atomic E-state index is 9.80. The van der Waals surface area contributed by atoms with Crippen LogP contribution in [0.15, 0.2) is 0 Å². The smallest absolute Gasteiger partial charge is 0.230 e. The highest BCUT2D eigenvalue weighted by molar-refractivity contribution is 5.09. The van der Waals surface area contributed by atoms with Gasteiger partial charge in [-0.2, -0.15) is 0 Å². The summed E-state index contributed by atoms with van der Waals surface area (Å²) in [6, 6.07) is 0. The zero-order valence-electron chi connectivity index (χ0n) is 15.6. The van der Waals surface area contributed by atoms with Crippen LogP contribution in [0.25, 0.3) is 0 Å². The summed E-state index contributed by atoms with van der Waals surface area (Å²) in [6.45, 7) is 11.0. The van der Waals surface area contributed by atoms with Gasteiger partial charge in [-0.15, -0.1) is 0 Å². The third-order valence-electron chi connectivity index (χ3n) is 4.97. The van der Waals surface area contributed by atoms with Crippen molar-refractivity contribution in [3.8, 4) is 0 Å². The summed E-state index contributed by atoms with van der Waals surface area (Å²) in [7, 11) is 0. The second-order valence-corrected chi connectivity index (χ2v) is 8.49. The van der Waals surface area contributed by atoms with Crippen LogP contribution in [0.4, 0.5) is 0 Å². The fourth-order valence-electron chi connectivity index (χ4n) is 4.33. The molecule has 1 N–H and O–H groups in total. The van der Waals surface area contributed by atoms with E-state index < -0.39 is 41.5 Å². The molecule has 25 heavy (non-hydrogen) atoms. The molecule has 4 saturated heterocycles. The number of hydrogen-bond acceptors (Lipinski definition) is 8. The first kappa shape index (κ1) is 18.1. The molecule has 0 radical (unpaired) electrons. The fraction of sp³-hybridized carbons (Fsp3) is 1.00. The molecule has 4 fully saturated rings. The number of fused-ring (bicyclic) bond motifs is 3. The molecule has 4 aliphatic rings. The van der Waals surface area contributed by atoms with Crippen molar-refractivity contribution >= 4 is 0 Å². The van der Waals surface area contributed by atoms with Crippen molar-refractivity contribution in [2.75, 3.05) is 13.2 Å². The molecule has 4 aliphatic heterocycles. The Morgan fingerprint density at radius 2 is 1.44 bits per heavy atom. The highest BCUT2D eigenvalue weighted by Crippen LogP contribution is 2.52. The van der Waals surface area contributed by atoms with Gasteiger partial charge in [0.25, 0.3) is 0 Å². The largest absolute Gasteiger partial charge is 0.394 e. The minimum atomic E-state index is -1.24. The lowest BCUT2D eigenvalue weighted by molar-refractivity contribution is -0.327. The summed E-state index contributed by atoms with van der Waals surface area (Å²) in [5, 5.41) is 9.80. The van der Waals surface area contributed by atoms with Gasteiger partial charge in [0.15, 0.2) is 17.4 Å². The van der Waals surface area contributed by atoms with Crippen LogP contribution in [-0.2, 0) is 33.2 Å². The molecule has 4 rings (SSSR count). The maximum Gasteiger partial charge on any atom is 0.230 e. The summed E-state index contributed by atoms with van der Waals surface area (Å²) in [4.78, 5) is 0. The van der Waals surface area contributed by atoms with Gasteiger partial charge in [0.2, 0.25) is 5.79 Å². The van der Waals surface area contributed by atoms with Gasteiger partial charge in [-0.25, -0.2) is 0 Å². The van der Waals surface area contributed by atoms with Crippen LogP contribution in [0, 0.1) is 0 Å². The molecular formula is C17H28O8. The Balaban J connectivity index is 1.71. The molecular weight excluding hydrogens is 332 g/mol. The Bertz CT molecular complexity index is 547. The second kappa shape index (κ2) is 5.36. The van der Waals surface area contributed by atoms with E-state index in [1.165, 1.54) is 0 Å². The normalized spacial score (nSPS) is 49.8. The lowest BCUT2D eigenvalue weighted by Crippen LogP contribution is -2.66. The summed E-state index contributed by atoms with van der Waals surface area (Å²) in [5.74, 6) is -3.73. The van der Waals surface area contributed by atoms with Crippen molar-refractivity contribution in [3.05, 3.63) is 0 Å². The Labute approximate surface area is 147 Å². The zero-order chi connectivity index (χ0) is 18.3. The predicted molar refractivity (Wildman–Crippen MR) is 83.5 cm³/mol. The molecule has 0 bridgehead atoms. The van der Waals surface area contributed by atoms with Crippen LogP contribution >= 0.6 is 0 Å². The Kier molecular flexibility index (Phi) is 3.87. The van der Waals surface area contributed by atoms with E-state index in [9.17, 15) is 5.11 Å². The predicted octanol–water partition coefficient (Wildman–Crippen LogP) is 0.897. The molecule has 0 aromatic heterocycles. The van der Waals surface area contributed by atoms with Crippen LogP contribution in [0.1, 0.15) is 41.5 Å². The minimum Gasteiger partial charge on any atom is -0.394 e. The number of rotatable bonds is 2. The lowest BCUT2D eigenvalue weighted by atomic mass is 9.90. The molecule has 0 amide bonds. The number of hydrogen-bond donors (Lipinski definition) is 1. The van der Waals surface area contributed by atoms with Crippen LogP contribution in [0.5, 0.6) is 0 Å². The van der Waals surface area contributed by atoms with E-state index in [-0.39, 0.29) is 25.4 Å². The van der Waals surface area contributed by atoms with E-state index in [0.29, 0.717) is 0 Å². The minimum absolute atomic E-state index is 0.216. The molecule has 4 heterocycles. The van der Waals surface area contributed by atoms with Crippen molar-refractivity contribution in [2.45, 2.75) is 95.2 Å². The summed E-state index contributed by atoms with van der Waals surface area (Å²) >= 11 is 0. The average molecular weight is 360 g/mol. The van der Waals surface area contributed by atoms with E-state index >= 15 is 0 Å². The Morgan fingerprint density at radius 3 is 2.12 bits per heavy atom. The first-order valence-electron chi connectivity index (χ1n) is 8.81. The Hall–Kier alpha value is -0.320. The van der Waals surface area contributed by atoms with E-state index in [1.807, 2.05) is 27.7 Å². The van der Waals surface area contributed by atoms with Crippen molar-refractivity contribution in [3.63, 3.8) is 0 Å². The molecule has 0 spiro atoms. The molecule has 0 saturated carbocycles. The van der Waals surface area contributed by atoms with Gasteiger partial charge in [-0.3, -0.25) is 0 Å². The van der Waals surface area contributed by atoms with Crippen molar-refractivity contribution in [2.24, 2.45) is 0 Å². The molecule has 1 unspecified atom stereocenters. The highest BCUT2D eigenvalue weighted by Gasteiger charge is 2.71. The summed E-state index contributed by atoms with van der Waals surface area (Å²) in [6.07, 6.45) is -2.44. The topological polar surface area (TPSA) is 84.8 Å². The maximum absolute atomic E-state index is 9.80. The zero-order valence-corrected chi connectivity index (χ0v) is 15.6. The van der Waals surface area contributed by atoms with Crippen molar-refractivity contribution < 1.29 is 38.3 Å². The monoisotopic (exact) mass is 360 g/mol. The van der Waals surface area contributed by atoms with Crippen LogP contribution in [0.2, 0.25) is 0 Å². The molecule has 0 aromatic rings. The third-order valence-corrected chi connectivity index (χ3v) is 4.97. The first-order valence-corrected chi connectivity index (χ1v) is 8.81. The van der Waals surface area contributed by atoms with E-state index in [1.54, 1.807) is 13.8 Å². The van der Waals surface area contributed by atoms with Gasteiger partial charge in [0.05, 0.1) is 13.2 Å². The van der Waals surface area contributed by atoms with Crippen LogP contribution in [0.3, 0.4) is 0 Å². The molecule has 144 valence electrons. The van der Waals surface area contributed by atoms with Crippen LogP contribution in [-0.4, -0.2) is 72.0 Å². The number of aliphatic hydroxyl groups is 1. The highest BCUT2D eigenvalue weighted by atomic mass is 16.9. The molecule has 6 atom stereocenters. The molecule has 0 aliphatic carbocycles. The standard InChI is InChI=1S/C17H28O8/c1-14(2)21-10-8-19-17(12-9(7-18)20-15(3,4)23-12)13(11(10)22-14)24-16(5,6)25-17/h9-13,18H,7-8H2,1-6H3/t9?,10-,11-,12-,13+,17+/m1/s1. The molecule has 8 heteroatoms. The quantitative estimate of drug-likeness (QED) is 0.777. The molecule has 8 nitrogen and oxygen atoms in total. The SMILES string of the molecule is CC1(C)OC(CO)[C@H]([C@@]23OC[C@H]4OC(C)(C)O[C@H]4[C@@H]2OC(C)(C)O3)O1. The van der Waals surface area contributed by atoms with Gasteiger partial charge in [-0.05, 0) is 41.5 Å². The number of ether oxygens (including phenoxy) is 7. The van der Waals surface area contributed by atoms with Crippen molar-refractivity contribution in [1.82, 2.24) is 0 Å². The van der Waals surface area contributed by atoms with Crippen LogP contribution < -0.4 is 0 Å². The van der Waals surface area contributed by atoms with Gasteiger partial charge >= 0.3 is 0 Å². The Morgan fingerprint density at radius 1 is 0.800 bits per heavy atom. The van der Waals surface area contributed by atoms with Gasteiger partial charge in [0, 0.05) is 0 Å². The number of aliphatic hydroxyl groups excluding tert-OH is 1. The summed E-state index contributed by atoms with van der Waals surface area (Å²) < 4.78 is 42.5. The lowest BCUT2D eigenvalue weighted by Gasteiger charge is -2.44. The molecule has 0 aromatic carbocycles. The second-order valence-electron chi connectivity index (χ2n) is 8.49. The van der Waals surface area contributed by atoms with E-state index in [2.05, 4.69) is 0 Å². The fourth-order valence-corrected chi connectivity index (χ4v) is 4.33. The van der Waals surface area contributed by atoms with Gasteiger partial charge in [-0.1, -0.05) is 0 Å². The average Bonchev–Trinajstić information content (AvgIpc) is 3.05. The first-order chi connectivity index (χ1) is 11.5. The third kappa shape index (κ3) is 2.83. The summed E-state index contributed by atoms with van der Waals surface area (Å²) in [5.41, 5.74) is 0.